The molecule has 1 saturated carbocycles. The Balaban J connectivity index is 1.51. The molecule has 0 bridgehead atoms. The molecule has 2 heterocycles. The van der Waals surface area contributed by atoms with E-state index in [1.807, 2.05) is 7.05 Å². The van der Waals surface area contributed by atoms with Crippen LogP contribution in [0, 0.1) is 0 Å². The van der Waals surface area contributed by atoms with Gasteiger partial charge >= 0.3 is 0 Å². The molecule has 1 aliphatic carbocycles. The van der Waals surface area contributed by atoms with Crippen molar-refractivity contribution in [3.63, 3.8) is 0 Å². The van der Waals surface area contributed by atoms with Gasteiger partial charge in [-0.3, -0.25) is 10.1 Å². The standard InChI is InChI=1S/C27H35N5O6S2/c1-28-15-5-17-37-23-14-13-22-26(30-23)39-27(29-22)31-25(33)24(32-38-20-7-3-4-8-20)19-9-11-21(12-10-19)40(34,35)18-6-16-36-2/h9-14,20,28H,3-8,15-18H2,1-2H3,(H,29,31,33). The third-order valence-electron chi connectivity index (χ3n) is 6.33. The fourth-order valence-corrected chi connectivity index (χ4v) is 6.30. The monoisotopic (exact) mass is 589 g/mol. The van der Waals surface area contributed by atoms with Crippen LogP contribution in [-0.2, 0) is 24.2 Å². The van der Waals surface area contributed by atoms with E-state index in [0.717, 1.165) is 38.6 Å². The van der Waals surface area contributed by atoms with E-state index < -0.39 is 15.7 Å². The first kappa shape index (κ1) is 29.8. The van der Waals surface area contributed by atoms with Gasteiger partial charge in [0.25, 0.3) is 5.91 Å². The summed E-state index contributed by atoms with van der Waals surface area (Å²) in [6.45, 7) is 1.75. The third kappa shape index (κ3) is 8.19. The van der Waals surface area contributed by atoms with Crippen molar-refractivity contribution in [3.05, 3.63) is 42.0 Å². The fourth-order valence-electron chi connectivity index (χ4n) is 4.19. The molecule has 216 valence electrons. The number of oxime groups is 1. The van der Waals surface area contributed by atoms with Crippen LogP contribution in [0.5, 0.6) is 5.88 Å². The number of aromatic nitrogens is 2. The van der Waals surface area contributed by atoms with Crippen molar-refractivity contribution in [2.24, 2.45) is 5.16 Å². The van der Waals surface area contributed by atoms with E-state index in [1.54, 1.807) is 24.3 Å². The van der Waals surface area contributed by atoms with Gasteiger partial charge in [-0.15, -0.1) is 0 Å². The summed E-state index contributed by atoms with van der Waals surface area (Å²) in [5.74, 6) is -0.0493. The van der Waals surface area contributed by atoms with Crippen molar-refractivity contribution in [3.8, 4) is 5.88 Å². The molecule has 40 heavy (non-hydrogen) atoms. The molecule has 0 radical (unpaired) electrons. The molecule has 1 aliphatic rings. The van der Waals surface area contributed by atoms with Crippen LogP contribution in [0.3, 0.4) is 0 Å². The van der Waals surface area contributed by atoms with Crippen LogP contribution in [0.1, 0.15) is 44.1 Å². The van der Waals surface area contributed by atoms with E-state index in [4.69, 9.17) is 14.3 Å². The minimum absolute atomic E-state index is 0.0270. The Kier molecular flexibility index (Phi) is 10.8. The number of amides is 1. The number of nitrogens with zero attached hydrogens (tertiary/aromatic N) is 3. The SMILES string of the molecule is CNCCCOc1ccc2nc(NC(=O)C(=NOC3CCCC3)c3ccc(S(=O)(=O)CCCOC)cc3)sc2n1. The van der Waals surface area contributed by atoms with Crippen LogP contribution in [0.2, 0.25) is 0 Å². The quantitative estimate of drug-likeness (QED) is 0.154. The second-order valence-corrected chi connectivity index (χ2v) is 12.5. The number of fused-ring (bicyclic) bond motifs is 1. The summed E-state index contributed by atoms with van der Waals surface area (Å²) in [7, 11) is -0.0554. The van der Waals surface area contributed by atoms with Crippen molar-refractivity contribution < 1.29 is 27.5 Å². The van der Waals surface area contributed by atoms with E-state index in [-0.39, 0.29) is 22.5 Å². The molecule has 0 aliphatic heterocycles. The Morgan fingerprint density at radius 2 is 1.85 bits per heavy atom. The number of ether oxygens (including phenoxy) is 2. The van der Waals surface area contributed by atoms with Gasteiger partial charge in [0, 0.05) is 25.3 Å². The topological polar surface area (TPSA) is 141 Å². The zero-order chi connectivity index (χ0) is 28.4. The molecule has 1 amide bonds. The Labute approximate surface area is 238 Å². The third-order valence-corrected chi connectivity index (χ3v) is 9.03. The summed E-state index contributed by atoms with van der Waals surface area (Å²) in [6.07, 6.45) is 5.05. The summed E-state index contributed by atoms with van der Waals surface area (Å²) in [4.78, 5) is 28.9. The number of thiazole rings is 1. The second-order valence-electron chi connectivity index (χ2n) is 9.39. The lowest BCUT2D eigenvalue weighted by Crippen LogP contribution is -2.25. The maximum absolute atomic E-state index is 13.4. The number of anilines is 1. The van der Waals surface area contributed by atoms with Crippen molar-refractivity contribution >= 4 is 48.3 Å². The molecule has 1 aromatic carbocycles. The molecule has 2 aromatic heterocycles. The Morgan fingerprint density at radius 3 is 2.58 bits per heavy atom. The number of sulfone groups is 1. The molecule has 0 atom stereocenters. The molecular weight excluding hydrogens is 554 g/mol. The predicted molar refractivity (Wildman–Crippen MR) is 155 cm³/mol. The molecule has 13 heteroatoms. The number of rotatable bonds is 15. The molecule has 3 aromatic rings. The average Bonchev–Trinajstić information content (AvgIpc) is 3.61. The van der Waals surface area contributed by atoms with E-state index in [0.29, 0.717) is 46.6 Å². The Bertz CT molecular complexity index is 1400. The summed E-state index contributed by atoms with van der Waals surface area (Å²) in [5, 5.41) is 10.4. The molecule has 1 fully saturated rings. The number of hydrogen-bond acceptors (Lipinski definition) is 11. The number of carbonyl (C=O) groups excluding carboxylic acids is 1. The van der Waals surface area contributed by atoms with Gasteiger partial charge in [-0.1, -0.05) is 28.6 Å². The average molecular weight is 590 g/mol. The normalized spacial score (nSPS) is 14.5. The number of carbonyl (C=O) groups is 1. The summed E-state index contributed by atoms with van der Waals surface area (Å²) < 4.78 is 36.0. The number of benzene rings is 1. The lowest BCUT2D eigenvalue weighted by molar-refractivity contribution is -0.110. The molecule has 4 rings (SSSR count). The van der Waals surface area contributed by atoms with Crippen LogP contribution in [-0.4, -0.2) is 75.8 Å². The zero-order valence-corrected chi connectivity index (χ0v) is 24.4. The smallest absolute Gasteiger partial charge is 0.280 e. The van der Waals surface area contributed by atoms with E-state index in [9.17, 15) is 13.2 Å². The number of nitrogens with one attached hydrogen (secondary N) is 2. The first-order chi connectivity index (χ1) is 19.4. The summed E-state index contributed by atoms with van der Waals surface area (Å²) >= 11 is 1.22. The first-order valence-electron chi connectivity index (χ1n) is 13.3. The van der Waals surface area contributed by atoms with Crippen LogP contribution < -0.4 is 15.4 Å². The highest BCUT2D eigenvalue weighted by atomic mass is 32.2. The van der Waals surface area contributed by atoms with Gasteiger partial charge in [-0.2, -0.15) is 0 Å². The number of pyridine rings is 1. The van der Waals surface area contributed by atoms with Crippen LogP contribution in [0.15, 0.2) is 46.4 Å². The molecule has 0 unspecified atom stereocenters. The van der Waals surface area contributed by atoms with Gasteiger partial charge in [0.05, 0.1) is 17.3 Å². The van der Waals surface area contributed by atoms with Gasteiger partial charge in [0.15, 0.2) is 20.7 Å². The fraction of sp³-hybridized carbons (Fsp3) is 0.481. The molecule has 0 saturated heterocycles. The second kappa shape index (κ2) is 14.5. The molecule has 0 spiro atoms. The lowest BCUT2D eigenvalue weighted by atomic mass is 10.1. The molecule has 2 N–H and O–H groups in total. The van der Waals surface area contributed by atoms with Crippen LogP contribution in [0.25, 0.3) is 10.3 Å². The first-order valence-corrected chi connectivity index (χ1v) is 15.8. The highest BCUT2D eigenvalue weighted by Crippen LogP contribution is 2.27. The van der Waals surface area contributed by atoms with Gasteiger partial charge < -0.3 is 19.6 Å². The Hall–Kier alpha value is -3.13. The maximum Gasteiger partial charge on any atom is 0.280 e. The van der Waals surface area contributed by atoms with Crippen molar-refractivity contribution in [1.82, 2.24) is 15.3 Å². The molecular formula is C27H35N5O6S2. The zero-order valence-electron chi connectivity index (χ0n) is 22.7. The number of methoxy groups -OCH3 is 1. The van der Waals surface area contributed by atoms with Crippen molar-refractivity contribution in [2.45, 2.75) is 49.5 Å². The number of hydrogen-bond donors (Lipinski definition) is 2. The van der Waals surface area contributed by atoms with Gasteiger partial charge in [0.2, 0.25) is 5.88 Å². The van der Waals surface area contributed by atoms with Gasteiger partial charge in [-0.25, -0.2) is 18.4 Å². The van der Waals surface area contributed by atoms with Crippen LogP contribution >= 0.6 is 11.3 Å². The van der Waals surface area contributed by atoms with Crippen molar-refractivity contribution in [1.29, 1.82) is 0 Å². The minimum atomic E-state index is -3.48. The van der Waals surface area contributed by atoms with E-state index in [1.165, 1.54) is 30.6 Å². The maximum atomic E-state index is 13.4. The highest BCUT2D eigenvalue weighted by Gasteiger charge is 2.22. The van der Waals surface area contributed by atoms with Gasteiger partial charge in [-0.05, 0) is 70.3 Å². The summed E-state index contributed by atoms with van der Waals surface area (Å²) in [5.41, 5.74) is 1.10. The molecule has 11 nitrogen and oxygen atoms in total. The van der Waals surface area contributed by atoms with E-state index >= 15 is 0 Å². The van der Waals surface area contributed by atoms with Crippen LogP contribution in [0.4, 0.5) is 5.13 Å². The highest BCUT2D eigenvalue weighted by molar-refractivity contribution is 7.91. The lowest BCUT2D eigenvalue weighted by Gasteiger charge is -2.11. The predicted octanol–water partition coefficient (Wildman–Crippen LogP) is 3.79. The minimum Gasteiger partial charge on any atom is -0.478 e. The Morgan fingerprint density at radius 1 is 1.07 bits per heavy atom. The van der Waals surface area contributed by atoms with Crippen molar-refractivity contribution in [2.75, 3.05) is 45.0 Å². The van der Waals surface area contributed by atoms with E-state index in [2.05, 4.69) is 25.8 Å². The van der Waals surface area contributed by atoms with Gasteiger partial charge in [0.1, 0.15) is 16.5 Å². The largest absolute Gasteiger partial charge is 0.478 e. The summed E-state index contributed by atoms with van der Waals surface area (Å²) in [6, 6.07) is 9.64.